The van der Waals surface area contributed by atoms with Crippen molar-refractivity contribution < 1.29 is 19.2 Å². The van der Waals surface area contributed by atoms with Gasteiger partial charge in [-0.25, -0.2) is 0 Å². The molecule has 2 saturated heterocycles. The lowest BCUT2D eigenvalue weighted by molar-refractivity contribution is -0.137. The fourth-order valence-electron chi connectivity index (χ4n) is 4.82. The maximum absolute atomic E-state index is 12.9. The molecule has 1 atom stereocenters. The van der Waals surface area contributed by atoms with Gasteiger partial charge in [-0.05, 0) is 37.9 Å². The number of carbonyl (C=O) groups is 4. The molecule has 1 aromatic carbocycles. The maximum atomic E-state index is 12.9. The van der Waals surface area contributed by atoms with Crippen molar-refractivity contribution in [2.45, 2.75) is 57.5 Å². The summed E-state index contributed by atoms with van der Waals surface area (Å²) < 4.78 is 0. The van der Waals surface area contributed by atoms with Crippen LogP contribution in [0.4, 0.5) is 5.69 Å². The molecule has 0 bridgehead atoms. The maximum Gasteiger partial charge on any atom is 0.255 e. The van der Waals surface area contributed by atoms with Gasteiger partial charge in [-0.3, -0.25) is 24.5 Å². The molecule has 2 fully saturated rings. The van der Waals surface area contributed by atoms with E-state index in [1.165, 1.54) is 4.90 Å². The Morgan fingerprint density at radius 2 is 1.85 bits per heavy atom. The van der Waals surface area contributed by atoms with Gasteiger partial charge in [0.1, 0.15) is 6.04 Å². The minimum Gasteiger partial charge on any atom is -0.326 e. The number of anilines is 1. The molecular formula is C24H33N5O4. The molecule has 0 aliphatic carbocycles. The van der Waals surface area contributed by atoms with Crippen LogP contribution in [-0.4, -0.2) is 72.2 Å². The van der Waals surface area contributed by atoms with Gasteiger partial charge in [-0.1, -0.05) is 18.9 Å². The summed E-state index contributed by atoms with van der Waals surface area (Å²) in [5.41, 5.74) is 1.86. The Morgan fingerprint density at radius 1 is 1.06 bits per heavy atom. The van der Waals surface area contributed by atoms with Gasteiger partial charge in [0, 0.05) is 62.4 Å². The number of benzene rings is 1. The number of hydrogen-bond acceptors (Lipinski definition) is 6. The van der Waals surface area contributed by atoms with Crippen LogP contribution < -0.4 is 16.0 Å². The van der Waals surface area contributed by atoms with Crippen LogP contribution in [-0.2, 0) is 20.9 Å². The molecule has 1 unspecified atom stereocenters. The Morgan fingerprint density at radius 3 is 2.64 bits per heavy atom. The molecule has 9 heteroatoms. The number of carbonyl (C=O) groups excluding carboxylic acids is 4. The highest BCUT2D eigenvalue weighted by Crippen LogP contribution is 2.32. The van der Waals surface area contributed by atoms with Gasteiger partial charge in [0.15, 0.2) is 0 Å². The molecule has 3 heterocycles. The van der Waals surface area contributed by atoms with Crippen LogP contribution in [0.2, 0.25) is 0 Å². The Kier molecular flexibility index (Phi) is 7.72. The van der Waals surface area contributed by atoms with E-state index >= 15 is 0 Å². The lowest BCUT2D eigenvalue weighted by atomic mass is 10.0. The average Bonchev–Trinajstić information content (AvgIpc) is 3.14. The number of amides is 4. The number of fused-ring (bicyclic) bond motifs is 1. The quantitative estimate of drug-likeness (QED) is 0.382. The summed E-state index contributed by atoms with van der Waals surface area (Å²) in [6, 6.07) is 4.60. The predicted molar refractivity (Wildman–Crippen MR) is 124 cm³/mol. The van der Waals surface area contributed by atoms with Gasteiger partial charge >= 0.3 is 0 Å². The minimum absolute atomic E-state index is 0.0580. The monoisotopic (exact) mass is 455 g/mol. The Bertz CT molecular complexity index is 912. The van der Waals surface area contributed by atoms with Crippen LogP contribution in [0.25, 0.3) is 0 Å². The van der Waals surface area contributed by atoms with Crippen molar-refractivity contribution in [3.05, 3.63) is 29.3 Å². The molecule has 33 heavy (non-hydrogen) atoms. The SMILES string of the molecule is O=C1CCC(N2Cc3c(NC(=O)CCCCCCN4CCNCC4)cccc3C2=O)C(=O)N1. The Balaban J connectivity index is 1.24. The van der Waals surface area contributed by atoms with E-state index in [1.54, 1.807) is 18.2 Å². The van der Waals surface area contributed by atoms with E-state index in [-0.39, 0.29) is 30.7 Å². The normalized spacial score (nSPS) is 21.2. The van der Waals surface area contributed by atoms with Crippen LogP contribution in [0.3, 0.4) is 0 Å². The Labute approximate surface area is 194 Å². The fraction of sp³-hybridized carbons (Fsp3) is 0.583. The number of nitrogens with one attached hydrogen (secondary N) is 3. The summed E-state index contributed by atoms with van der Waals surface area (Å²) in [6.07, 6.45) is 5.12. The largest absolute Gasteiger partial charge is 0.326 e. The van der Waals surface area contributed by atoms with Crippen LogP contribution in [0.1, 0.15) is 60.9 Å². The van der Waals surface area contributed by atoms with Gasteiger partial charge in [-0.2, -0.15) is 0 Å². The molecule has 4 rings (SSSR count). The summed E-state index contributed by atoms with van der Waals surface area (Å²) >= 11 is 0. The number of rotatable bonds is 9. The summed E-state index contributed by atoms with van der Waals surface area (Å²) in [6.45, 7) is 5.76. The second-order valence-corrected chi connectivity index (χ2v) is 9.04. The van der Waals surface area contributed by atoms with Crippen LogP contribution in [0.5, 0.6) is 0 Å². The molecule has 0 aromatic heterocycles. The van der Waals surface area contributed by atoms with Crippen LogP contribution in [0, 0.1) is 0 Å². The van der Waals surface area contributed by atoms with Crippen molar-refractivity contribution in [1.82, 2.24) is 20.4 Å². The third kappa shape index (κ3) is 5.78. The van der Waals surface area contributed by atoms with Gasteiger partial charge in [-0.15, -0.1) is 0 Å². The summed E-state index contributed by atoms with van der Waals surface area (Å²) in [5, 5.41) is 8.63. The molecule has 0 spiro atoms. The smallest absolute Gasteiger partial charge is 0.255 e. The minimum atomic E-state index is -0.660. The van der Waals surface area contributed by atoms with E-state index in [9.17, 15) is 19.2 Å². The van der Waals surface area contributed by atoms with Crippen molar-refractivity contribution in [3.63, 3.8) is 0 Å². The molecule has 9 nitrogen and oxygen atoms in total. The number of unbranched alkanes of at least 4 members (excludes halogenated alkanes) is 3. The van der Waals surface area contributed by atoms with E-state index < -0.39 is 11.9 Å². The standard InChI is InChI=1S/C24H33N5O4/c30-21(8-3-1-2-4-13-28-14-11-25-12-15-28)26-19-7-5-6-17-18(19)16-29(24(17)33)20-9-10-22(31)27-23(20)32/h5-7,20,25H,1-4,8-16H2,(H,26,30)(H,27,31,32). The van der Waals surface area contributed by atoms with Crippen molar-refractivity contribution in [3.8, 4) is 0 Å². The van der Waals surface area contributed by atoms with E-state index in [4.69, 9.17) is 0 Å². The van der Waals surface area contributed by atoms with E-state index in [0.29, 0.717) is 24.1 Å². The zero-order valence-corrected chi connectivity index (χ0v) is 19.0. The number of piperidine rings is 1. The van der Waals surface area contributed by atoms with Crippen molar-refractivity contribution in [2.75, 3.05) is 38.0 Å². The molecule has 178 valence electrons. The number of nitrogens with zero attached hydrogens (tertiary/aromatic N) is 2. The first-order chi connectivity index (χ1) is 16.0. The van der Waals surface area contributed by atoms with Gasteiger partial charge in [0.05, 0.1) is 0 Å². The van der Waals surface area contributed by atoms with E-state index in [2.05, 4.69) is 20.9 Å². The molecule has 0 radical (unpaired) electrons. The van der Waals surface area contributed by atoms with Crippen LogP contribution >= 0.6 is 0 Å². The highest BCUT2D eigenvalue weighted by molar-refractivity contribution is 6.06. The van der Waals surface area contributed by atoms with Crippen molar-refractivity contribution >= 4 is 29.3 Å². The first-order valence-electron chi connectivity index (χ1n) is 12.0. The molecule has 3 aliphatic rings. The van der Waals surface area contributed by atoms with E-state index in [0.717, 1.165) is 64.0 Å². The molecule has 3 N–H and O–H groups in total. The third-order valence-electron chi connectivity index (χ3n) is 6.69. The second-order valence-electron chi connectivity index (χ2n) is 9.04. The first-order valence-corrected chi connectivity index (χ1v) is 12.0. The molecule has 3 aliphatic heterocycles. The zero-order valence-electron chi connectivity index (χ0n) is 19.0. The number of imide groups is 1. The number of hydrogen-bond donors (Lipinski definition) is 3. The average molecular weight is 456 g/mol. The molecular weight excluding hydrogens is 422 g/mol. The summed E-state index contributed by atoms with van der Waals surface area (Å²) in [5.74, 6) is -1.04. The molecule has 4 amide bonds. The summed E-state index contributed by atoms with van der Waals surface area (Å²) in [7, 11) is 0. The Hall–Kier alpha value is -2.78. The molecule has 0 saturated carbocycles. The number of piperazine rings is 1. The second kappa shape index (κ2) is 10.9. The highest BCUT2D eigenvalue weighted by Gasteiger charge is 2.39. The third-order valence-corrected chi connectivity index (χ3v) is 6.69. The molecule has 1 aromatic rings. The lowest BCUT2D eigenvalue weighted by Crippen LogP contribution is -2.52. The van der Waals surface area contributed by atoms with Crippen molar-refractivity contribution in [1.29, 1.82) is 0 Å². The zero-order chi connectivity index (χ0) is 23.2. The fourth-order valence-corrected chi connectivity index (χ4v) is 4.82. The van der Waals surface area contributed by atoms with Crippen molar-refractivity contribution in [2.24, 2.45) is 0 Å². The van der Waals surface area contributed by atoms with Crippen LogP contribution in [0.15, 0.2) is 18.2 Å². The highest BCUT2D eigenvalue weighted by atomic mass is 16.2. The predicted octanol–water partition coefficient (Wildman–Crippen LogP) is 1.24. The van der Waals surface area contributed by atoms with Gasteiger partial charge in [0.25, 0.3) is 5.91 Å². The topological polar surface area (TPSA) is 111 Å². The summed E-state index contributed by atoms with van der Waals surface area (Å²) in [4.78, 5) is 53.1. The van der Waals surface area contributed by atoms with E-state index in [1.807, 2.05) is 0 Å². The first kappa shape index (κ1) is 23.4. The lowest BCUT2D eigenvalue weighted by Gasteiger charge is -2.29. The van der Waals surface area contributed by atoms with Gasteiger partial charge < -0.3 is 20.4 Å². The van der Waals surface area contributed by atoms with Gasteiger partial charge in [0.2, 0.25) is 17.7 Å².